The monoisotopic (exact) mass is 473 g/mol. The molecule has 0 saturated carbocycles. The van der Waals surface area contributed by atoms with E-state index >= 15 is 0 Å². The van der Waals surface area contributed by atoms with E-state index in [4.69, 9.17) is 0 Å². The van der Waals surface area contributed by atoms with Gasteiger partial charge in [0.05, 0.1) is 4.90 Å². The van der Waals surface area contributed by atoms with Gasteiger partial charge in [0, 0.05) is 12.6 Å². The molecule has 2 aromatic rings. The lowest BCUT2D eigenvalue weighted by atomic mass is 10.0. The summed E-state index contributed by atoms with van der Waals surface area (Å²) in [7, 11) is -7.46. The van der Waals surface area contributed by atoms with Gasteiger partial charge in [-0.05, 0) is 48.9 Å². The van der Waals surface area contributed by atoms with Gasteiger partial charge in [0.1, 0.15) is 10.3 Å². The van der Waals surface area contributed by atoms with E-state index in [9.17, 15) is 21.6 Å². The van der Waals surface area contributed by atoms with Crippen molar-refractivity contribution in [2.75, 3.05) is 0 Å². The Bertz CT molecular complexity index is 1060. The fourth-order valence-corrected chi connectivity index (χ4v) is 6.31. The number of hydrogen-bond donors (Lipinski definition) is 3. The number of sulfonamides is 2. The number of amides is 1. The van der Waals surface area contributed by atoms with E-state index in [0.29, 0.717) is 5.56 Å². The first-order valence-corrected chi connectivity index (χ1v) is 13.2. The Kier molecular flexibility index (Phi) is 8.17. The van der Waals surface area contributed by atoms with Crippen molar-refractivity contribution in [3.63, 3.8) is 0 Å². The Morgan fingerprint density at radius 2 is 1.67 bits per heavy atom. The molecule has 0 aliphatic rings. The fourth-order valence-electron chi connectivity index (χ4n) is 2.63. The highest BCUT2D eigenvalue weighted by Crippen LogP contribution is 2.17. The van der Waals surface area contributed by atoms with E-state index in [2.05, 4.69) is 14.8 Å². The first-order valence-electron chi connectivity index (χ1n) is 9.37. The lowest BCUT2D eigenvalue weighted by Crippen LogP contribution is -2.49. The molecule has 1 amide bonds. The topological polar surface area (TPSA) is 121 Å². The van der Waals surface area contributed by atoms with E-state index < -0.39 is 32.0 Å². The van der Waals surface area contributed by atoms with Crippen LogP contribution in [0.4, 0.5) is 0 Å². The molecule has 1 heterocycles. The molecule has 1 atom stereocenters. The van der Waals surface area contributed by atoms with Crippen molar-refractivity contribution in [1.82, 2.24) is 14.8 Å². The molecule has 0 spiro atoms. The summed E-state index contributed by atoms with van der Waals surface area (Å²) < 4.78 is 54.7. The van der Waals surface area contributed by atoms with Crippen molar-refractivity contribution in [1.29, 1.82) is 0 Å². The van der Waals surface area contributed by atoms with Crippen molar-refractivity contribution >= 4 is 37.3 Å². The highest BCUT2D eigenvalue weighted by Gasteiger charge is 2.28. The van der Waals surface area contributed by atoms with Crippen LogP contribution < -0.4 is 14.8 Å². The Hall–Kier alpha value is -1.79. The van der Waals surface area contributed by atoms with Crippen LogP contribution in [0, 0.1) is 5.92 Å². The predicted molar refractivity (Wildman–Crippen MR) is 117 cm³/mol. The Morgan fingerprint density at radius 3 is 2.23 bits per heavy atom. The minimum atomic E-state index is -3.81. The van der Waals surface area contributed by atoms with Crippen LogP contribution in [0.3, 0.4) is 0 Å². The largest absolute Gasteiger partial charge is 0.351 e. The quantitative estimate of drug-likeness (QED) is 0.488. The molecule has 3 N–H and O–H groups in total. The molecule has 0 saturated heterocycles. The molecule has 0 radical (unpaired) electrons. The molecule has 0 aliphatic heterocycles. The standard InChI is InChI=1S/C19H27N3O5S3/c1-13(2)18(22-30(26,27)17-9-6-10-28-17)19(23)20-12-15-7-5-8-16(11-15)29(24,25)21-14(3)4/h5-11,13-14,18,21-22H,12H2,1-4H3,(H,20,23). The van der Waals surface area contributed by atoms with Crippen LogP contribution in [0.2, 0.25) is 0 Å². The molecule has 166 valence electrons. The third-order valence-corrected chi connectivity index (χ3v) is 8.55. The lowest BCUT2D eigenvalue weighted by molar-refractivity contribution is -0.123. The minimum absolute atomic E-state index is 0.0633. The summed E-state index contributed by atoms with van der Waals surface area (Å²) in [5, 5.41) is 4.34. The number of hydrogen-bond acceptors (Lipinski definition) is 6. The van der Waals surface area contributed by atoms with Crippen LogP contribution in [0.5, 0.6) is 0 Å². The highest BCUT2D eigenvalue weighted by molar-refractivity contribution is 7.91. The molecular formula is C19H27N3O5S3. The number of thiophene rings is 1. The number of carbonyl (C=O) groups is 1. The smallest absolute Gasteiger partial charge is 0.250 e. The van der Waals surface area contributed by atoms with Gasteiger partial charge in [-0.2, -0.15) is 4.72 Å². The molecule has 8 nitrogen and oxygen atoms in total. The second-order valence-electron chi connectivity index (χ2n) is 7.42. The van der Waals surface area contributed by atoms with Crippen molar-refractivity contribution in [2.24, 2.45) is 5.92 Å². The van der Waals surface area contributed by atoms with Gasteiger partial charge in [0.25, 0.3) is 10.0 Å². The molecule has 0 fully saturated rings. The van der Waals surface area contributed by atoms with Gasteiger partial charge in [0.15, 0.2) is 0 Å². The van der Waals surface area contributed by atoms with E-state index in [-0.39, 0.29) is 27.6 Å². The zero-order valence-corrected chi connectivity index (χ0v) is 19.7. The van der Waals surface area contributed by atoms with E-state index in [1.54, 1.807) is 51.3 Å². The first-order chi connectivity index (χ1) is 13.9. The van der Waals surface area contributed by atoms with Gasteiger partial charge in [-0.25, -0.2) is 21.6 Å². The van der Waals surface area contributed by atoms with E-state index in [1.165, 1.54) is 18.2 Å². The van der Waals surface area contributed by atoms with Gasteiger partial charge in [-0.1, -0.05) is 32.0 Å². The van der Waals surface area contributed by atoms with Gasteiger partial charge >= 0.3 is 0 Å². The molecule has 1 aromatic heterocycles. The van der Waals surface area contributed by atoms with Crippen LogP contribution in [-0.4, -0.2) is 34.8 Å². The van der Waals surface area contributed by atoms with Gasteiger partial charge < -0.3 is 5.32 Å². The summed E-state index contributed by atoms with van der Waals surface area (Å²) in [6.07, 6.45) is 0. The summed E-state index contributed by atoms with van der Waals surface area (Å²) in [4.78, 5) is 12.8. The average Bonchev–Trinajstić information content (AvgIpc) is 3.19. The maximum Gasteiger partial charge on any atom is 0.250 e. The first kappa shape index (κ1) is 24.5. The fraction of sp³-hybridized carbons (Fsp3) is 0.421. The lowest BCUT2D eigenvalue weighted by Gasteiger charge is -2.21. The molecule has 1 unspecified atom stereocenters. The van der Waals surface area contributed by atoms with Crippen LogP contribution in [-0.2, 0) is 31.4 Å². The molecule has 0 aliphatic carbocycles. The number of benzene rings is 1. The van der Waals surface area contributed by atoms with Crippen molar-refractivity contribution < 1.29 is 21.6 Å². The molecule has 30 heavy (non-hydrogen) atoms. The van der Waals surface area contributed by atoms with Crippen LogP contribution >= 0.6 is 11.3 Å². The molecule has 2 rings (SSSR count). The Labute approximate surface area is 182 Å². The zero-order valence-electron chi connectivity index (χ0n) is 17.2. The predicted octanol–water partition coefficient (Wildman–Crippen LogP) is 2.05. The normalized spacial score (nSPS) is 13.5. The summed E-state index contributed by atoms with van der Waals surface area (Å²) in [5.41, 5.74) is 0.582. The molecule has 0 bridgehead atoms. The third-order valence-electron chi connectivity index (χ3n) is 4.06. The molecule has 1 aromatic carbocycles. The second kappa shape index (κ2) is 10.0. The maximum atomic E-state index is 12.7. The summed E-state index contributed by atoms with van der Waals surface area (Å²) in [6, 6.07) is 8.11. The van der Waals surface area contributed by atoms with Crippen molar-refractivity contribution in [2.45, 2.75) is 55.4 Å². The highest BCUT2D eigenvalue weighted by atomic mass is 32.2. The van der Waals surface area contributed by atoms with Gasteiger partial charge in [-0.3, -0.25) is 4.79 Å². The number of carbonyl (C=O) groups excluding carboxylic acids is 1. The molecular weight excluding hydrogens is 446 g/mol. The summed E-state index contributed by atoms with van der Waals surface area (Å²) in [5.74, 6) is -0.777. The zero-order chi connectivity index (χ0) is 22.5. The average molecular weight is 474 g/mol. The maximum absolute atomic E-state index is 12.7. The van der Waals surface area contributed by atoms with E-state index in [1.807, 2.05) is 0 Å². The van der Waals surface area contributed by atoms with Crippen LogP contribution in [0.15, 0.2) is 50.9 Å². The minimum Gasteiger partial charge on any atom is -0.351 e. The van der Waals surface area contributed by atoms with Gasteiger partial charge in [-0.15, -0.1) is 11.3 Å². The summed E-state index contributed by atoms with van der Waals surface area (Å²) >= 11 is 1.07. The number of rotatable bonds is 10. The SMILES string of the molecule is CC(C)NS(=O)(=O)c1cccc(CNC(=O)C(NS(=O)(=O)c2cccs2)C(C)C)c1. The molecule has 11 heteroatoms. The number of nitrogens with one attached hydrogen (secondary N) is 3. The third kappa shape index (κ3) is 6.61. The van der Waals surface area contributed by atoms with Crippen molar-refractivity contribution in [3.8, 4) is 0 Å². The van der Waals surface area contributed by atoms with Crippen molar-refractivity contribution in [3.05, 3.63) is 47.3 Å². The summed E-state index contributed by atoms with van der Waals surface area (Å²) in [6.45, 7) is 7.00. The van der Waals surface area contributed by atoms with Crippen LogP contribution in [0.1, 0.15) is 33.3 Å². The second-order valence-corrected chi connectivity index (χ2v) is 12.0. The Balaban J connectivity index is 2.10. The Morgan fingerprint density at radius 1 is 0.967 bits per heavy atom. The van der Waals surface area contributed by atoms with Gasteiger partial charge in [0.2, 0.25) is 15.9 Å². The van der Waals surface area contributed by atoms with E-state index in [0.717, 1.165) is 11.3 Å². The van der Waals surface area contributed by atoms with Crippen LogP contribution in [0.25, 0.3) is 0 Å².